The van der Waals surface area contributed by atoms with Crippen LogP contribution in [0.3, 0.4) is 0 Å². The summed E-state index contributed by atoms with van der Waals surface area (Å²) in [5.41, 5.74) is 3.06. The van der Waals surface area contributed by atoms with Gasteiger partial charge in [0, 0.05) is 17.8 Å². The van der Waals surface area contributed by atoms with Crippen molar-refractivity contribution in [3.05, 3.63) is 11.8 Å². The molecule has 1 aromatic heterocycles. The Morgan fingerprint density at radius 3 is 2.28 bits per heavy atom. The molecule has 13 heteroatoms. The molecule has 0 bridgehead atoms. The van der Waals surface area contributed by atoms with Crippen molar-refractivity contribution >= 4 is 64.8 Å². The van der Waals surface area contributed by atoms with E-state index in [4.69, 9.17) is 52.8 Å². The average molecular weight is 380 g/mol. The predicted molar refractivity (Wildman–Crippen MR) is 119 cm³/mol. The molecule has 12 radical (unpaired) electrons. The first-order valence-electron chi connectivity index (χ1n) is 9.03. The van der Waals surface area contributed by atoms with Gasteiger partial charge in [0.25, 0.3) is 5.91 Å². The molecule has 5 unspecified atom stereocenters. The summed E-state index contributed by atoms with van der Waals surface area (Å²) in [6, 6.07) is 0. The van der Waals surface area contributed by atoms with Gasteiger partial charge in [-0.3, -0.25) is 4.79 Å². The minimum absolute atomic E-state index is 0.0718. The van der Waals surface area contributed by atoms with E-state index in [9.17, 15) is 9.90 Å². The second-order valence-electron chi connectivity index (χ2n) is 8.94. The van der Waals surface area contributed by atoms with Gasteiger partial charge in [-0.25, -0.2) is 4.98 Å². The fourth-order valence-electron chi connectivity index (χ4n) is 3.32. The normalized spacial score (nSPS) is 34.3. The van der Waals surface area contributed by atoms with E-state index < -0.39 is 39.6 Å². The Morgan fingerprint density at radius 2 is 1.79 bits per heavy atom. The van der Waals surface area contributed by atoms with E-state index in [1.165, 1.54) is 13.1 Å². The van der Waals surface area contributed by atoms with Gasteiger partial charge >= 0.3 is 0 Å². The van der Waals surface area contributed by atoms with Crippen LogP contribution in [0.5, 0.6) is 0 Å². The molecule has 1 aliphatic carbocycles. The van der Waals surface area contributed by atoms with Crippen LogP contribution in [0.15, 0.2) is 6.20 Å². The summed E-state index contributed by atoms with van der Waals surface area (Å²) in [5.74, 6) is -3.16. The number of nitrogens with one attached hydrogen (secondary N) is 2. The van der Waals surface area contributed by atoms with Gasteiger partial charge in [-0.05, 0) is 37.3 Å². The molecule has 1 saturated carbocycles. The molecule has 5 atom stereocenters. The van der Waals surface area contributed by atoms with E-state index in [-0.39, 0.29) is 22.9 Å². The van der Waals surface area contributed by atoms with Gasteiger partial charge in [0.05, 0.1) is 44.8 Å². The van der Waals surface area contributed by atoms with Crippen molar-refractivity contribution in [1.29, 1.82) is 0 Å². The van der Waals surface area contributed by atoms with Crippen molar-refractivity contribution in [3.63, 3.8) is 0 Å². The number of nitrogens with two attached hydrogens (primary N) is 1. The second-order valence-corrected chi connectivity index (χ2v) is 8.94. The Bertz CT molecular complexity index is 802. The lowest BCUT2D eigenvalue weighted by Crippen LogP contribution is -2.65. The molecular formula is C16H21B6N5O2. The quantitative estimate of drug-likeness (QED) is 0.507. The van der Waals surface area contributed by atoms with Crippen LogP contribution in [0.4, 0.5) is 11.8 Å². The Morgan fingerprint density at radius 1 is 1.24 bits per heavy atom. The molecular weight excluding hydrogens is 359 g/mol. The molecule has 29 heavy (non-hydrogen) atoms. The molecule has 0 aliphatic heterocycles. The topological polar surface area (TPSA) is 113 Å². The largest absolute Gasteiger partial charge is 0.394 e. The third kappa shape index (κ3) is 4.07. The molecule has 0 aromatic carbocycles. The summed E-state index contributed by atoms with van der Waals surface area (Å²) < 4.78 is 0. The Balaban J connectivity index is 2.57. The first-order chi connectivity index (χ1) is 12.9. The maximum atomic E-state index is 11.9. The van der Waals surface area contributed by atoms with Crippen molar-refractivity contribution in [3.8, 4) is 0 Å². The summed E-state index contributed by atoms with van der Waals surface area (Å²) in [6.45, 7) is 7.17. The van der Waals surface area contributed by atoms with Gasteiger partial charge in [0.1, 0.15) is 13.7 Å². The van der Waals surface area contributed by atoms with Crippen molar-refractivity contribution in [1.82, 2.24) is 9.97 Å². The van der Waals surface area contributed by atoms with Crippen molar-refractivity contribution < 1.29 is 9.90 Å². The van der Waals surface area contributed by atoms with Gasteiger partial charge in [-0.1, -0.05) is 18.0 Å². The summed E-state index contributed by atoms with van der Waals surface area (Å²) in [4.78, 5) is 20.2. The van der Waals surface area contributed by atoms with Gasteiger partial charge in [0.2, 0.25) is 5.95 Å². The minimum atomic E-state index is -1.91. The van der Waals surface area contributed by atoms with Crippen LogP contribution in [0.2, 0.25) is 22.2 Å². The van der Waals surface area contributed by atoms with Gasteiger partial charge in [-0.2, -0.15) is 4.98 Å². The monoisotopic (exact) mass is 381 g/mol. The van der Waals surface area contributed by atoms with Crippen LogP contribution in [0.25, 0.3) is 0 Å². The highest BCUT2D eigenvalue weighted by atomic mass is 16.3. The molecule has 2 rings (SSSR count). The lowest BCUT2D eigenvalue weighted by Gasteiger charge is -2.66. The first-order valence-corrected chi connectivity index (χ1v) is 9.03. The fourth-order valence-corrected chi connectivity index (χ4v) is 3.32. The maximum absolute atomic E-state index is 11.9. The van der Waals surface area contributed by atoms with Crippen LogP contribution in [0, 0.1) is 0 Å². The van der Waals surface area contributed by atoms with E-state index in [0.29, 0.717) is 0 Å². The number of carbonyl (C=O) groups is 1. The molecule has 5 N–H and O–H groups in total. The van der Waals surface area contributed by atoms with Crippen LogP contribution >= 0.6 is 0 Å². The lowest BCUT2D eigenvalue weighted by molar-refractivity contribution is 0.0724. The van der Waals surface area contributed by atoms with Gasteiger partial charge in [0.15, 0.2) is 0 Å². The Kier molecular flexibility index (Phi) is 6.01. The van der Waals surface area contributed by atoms with Gasteiger partial charge in [-0.15, -0.1) is 0 Å². The van der Waals surface area contributed by atoms with Crippen LogP contribution in [0.1, 0.15) is 38.1 Å². The standard InChI is InChI=1S/C16H21B6N5O2/c1-13(2,3)27-12-24-5-6(9(23)29)10(25-12)26-16(22)7(17)8(28)14(4,19)11(18)15(16,20)21/h5,7-8,11,28H,1-4H3,(H2,23,29)(H2,24,25,26,27). The Labute approximate surface area is 180 Å². The number of carbonyl (C=O) groups excluding carboxylic acids is 1. The minimum Gasteiger partial charge on any atom is -0.394 e. The number of aliphatic hydroxyl groups is 1. The van der Waals surface area contributed by atoms with E-state index in [1.54, 1.807) is 0 Å². The van der Waals surface area contributed by atoms with E-state index in [1.807, 2.05) is 20.8 Å². The summed E-state index contributed by atoms with van der Waals surface area (Å²) in [6.07, 6.45) is -0.150. The molecule has 7 nitrogen and oxygen atoms in total. The Hall–Kier alpha value is -1.50. The first kappa shape index (κ1) is 23.8. The summed E-state index contributed by atoms with van der Waals surface area (Å²) >= 11 is 0. The molecule has 1 aromatic rings. The van der Waals surface area contributed by atoms with Crippen LogP contribution in [-0.4, -0.2) is 85.1 Å². The van der Waals surface area contributed by atoms with Crippen molar-refractivity contribution in [2.45, 2.75) is 66.9 Å². The number of aromatic nitrogens is 2. The lowest BCUT2D eigenvalue weighted by atomic mass is 9.20. The molecule has 0 saturated heterocycles. The number of aliphatic hydroxyl groups excluding tert-OH is 1. The molecule has 1 aliphatic rings. The highest BCUT2D eigenvalue weighted by molar-refractivity contribution is 6.51. The fraction of sp³-hybridized carbons (Fsp3) is 0.688. The zero-order valence-corrected chi connectivity index (χ0v) is 17.1. The van der Waals surface area contributed by atoms with Crippen LogP contribution in [-0.2, 0) is 0 Å². The van der Waals surface area contributed by atoms with E-state index in [0.717, 1.165) is 0 Å². The van der Waals surface area contributed by atoms with Crippen LogP contribution < -0.4 is 16.4 Å². The number of amides is 1. The number of primary amides is 1. The molecule has 1 amide bonds. The smallest absolute Gasteiger partial charge is 0.254 e. The summed E-state index contributed by atoms with van der Waals surface area (Å²) in [7, 11) is 37.4. The average Bonchev–Trinajstić information content (AvgIpc) is 2.56. The summed E-state index contributed by atoms with van der Waals surface area (Å²) in [5, 5.41) is 13.1. The number of hydrogen-bond donors (Lipinski definition) is 4. The van der Waals surface area contributed by atoms with Crippen molar-refractivity contribution in [2.24, 2.45) is 5.73 Å². The molecule has 1 heterocycles. The molecule has 0 spiro atoms. The van der Waals surface area contributed by atoms with E-state index in [2.05, 4.69) is 20.6 Å². The third-order valence-corrected chi connectivity index (χ3v) is 5.27. The molecule has 1 fully saturated rings. The SMILES string of the molecule is [B]C1C([B])(C)C(O)C([B])C([B])(Nc2nc(NC(C)(C)C)ncc2C(N)=O)C1([B])[B]. The second kappa shape index (κ2) is 7.33. The van der Waals surface area contributed by atoms with Gasteiger partial charge < -0.3 is 21.5 Å². The number of rotatable bonds is 4. The number of hydrogen-bond acceptors (Lipinski definition) is 6. The predicted octanol–water partition coefficient (Wildman–Crippen LogP) is -0.849. The zero-order valence-electron chi connectivity index (χ0n) is 17.1. The third-order valence-electron chi connectivity index (χ3n) is 5.27. The highest BCUT2D eigenvalue weighted by Gasteiger charge is 2.58. The highest BCUT2D eigenvalue weighted by Crippen LogP contribution is 2.64. The number of anilines is 2. The molecule has 140 valence electrons. The number of nitrogens with zero attached hydrogens (tertiary/aromatic N) is 2. The zero-order chi connectivity index (χ0) is 22.6. The van der Waals surface area contributed by atoms with E-state index >= 15 is 0 Å². The maximum Gasteiger partial charge on any atom is 0.254 e. The van der Waals surface area contributed by atoms with Crippen molar-refractivity contribution in [2.75, 3.05) is 10.6 Å².